The number of hydrogen-bond donors (Lipinski definition) is 0. The molecule has 1 aliphatic heterocycles. The van der Waals surface area contributed by atoms with Gasteiger partial charge in [-0.25, -0.2) is 0 Å². The summed E-state index contributed by atoms with van der Waals surface area (Å²) in [5.74, 6) is 0.483. The summed E-state index contributed by atoms with van der Waals surface area (Å²) in [6, 6.07) is 5.87. The van der Waals surface area contributed by atoms with Crippen LogP contribution >= 0.6 is 0 Å². The third kappa shape index (κ3) is 5.25. The van der Waals surface area contributed by atoms with Crippen LogP contribution in [-0.2, 0) is 17.8 Å². The maximum atomic E-state index is 12.5. The maximum Gasteiger partial charge on any atom is 0.573 e. The van der Waals surface area contributed by atoms with Crippen LogP contribution < -0.4 is 4.74 Å². The molecule has 1 aliphatic rings. The molecule has 0 bridgehead atoms. The van der Waals surface area contributed by atoms with E-state index in [2.05, 4.69) is 14.8 Å². The molecular weight excluding hydrogens is 375 g/mol. The summed E-state index contributed by atoms with van der Waals surface area (Å²) in [5.41, 5.74) is 2.47. The van der Waals surface area contributed by atoms with E-state index in [1.807, 2.05) is 11.8 Å². The molecular formula is C19H22F3N3O3. The van der Waals surface area contributed by atoms with E-state index in [4.69, 9.17) is 4.52 Å². The zero-order valence-corrected chi connectivity index (χ0v) is 15.8. The number of carbonyl (C=O) groups excluding carboxylic acids is 1. The molecule has 0 unspecified atom stereocenters. The highest BCUT2D eigenvalue weighted by molar-refractivity contribution is 5.79. The fourth-order valence-electron chi connectivity index (χ4n) is 3.23. The second-order valence-electron chi connectivity index (χ2n) is 6.83. The van der Waals surface area contributed by atoms with Crippen LogP contribution in [0.1, 0.15) is 22.6 Å². The predicted octanol–water partition coefficient (Wildman–Crippen LogP) is 3.08. The molecule has 0 atom stereocenters. The number of alkyl halides is 3. The quantitative estimate of drug-likeness (QED) is 0.776. The zero-order valence-electron chi connectivity index (χ0n) is 15.8. The molecule has 0 N–H and O–H groups in total. The van der Waals surface area contributed by atoms with Crippen molar-refractivity contribution in [3.8, 4) is 5.75 Å². The van der Waals surface area contributed by atoms with Crippen LogP contribution in [0.25, 0.3) is 0 Å². The van der Waals surface area contributed by atoms with Gasteiger partial charge in [0.1, 0.15) is 11.5 Å². The normalized spacial score (nSPS) is 15.7. The highest BCUT2D eigenvalue weighted by Crippen LogP contribution is 2.23. The van der Waals surface area contributed by atoms with E-state index in [1.165, 1.54) is 12.1 Å². The van der Waals surface area contributed by atoms with Crippen LogP contribution in [0.15, 0.2) is 28.8 Å². The van der Waals surface area contributed by atoms with Gasteiger partial charge in [-0.3, -0.25) is 9.69 Å². The standard InChI is InChI=1S/C19H22F3N3O3/c1-13-17(14(2)28-23-13)11-18(26)25-9-7-24(8-10-25)12-15-3-5-16(6-4-15)27-19(20,21)22/h3-6H,7-12H2,1-2H3. The lowest BCUT2D eigenvalue weighted by atomic mass is 10.1. The van der Waals surface area contributed by atoms with Crippen LogP contribution in [0.2, 0.25) is 0 Å². The van der Waals surface area contributed by atoms with E-state index < -0.39 is 6.36 Å². The number of piperazine rings is 1. The molecule has 2 heterocycles. The molecule has 0 spiro atoms. The highest BCUT2D eigenvalue weighted by atomic mass is 19.4. The lowest BCUT2D eigenvalue weighted by Crippen LogP contribution is -2.48. The van der Waals surface area contributed by atoms with E-state index in [-0.39, 0.29) is 18.1 Å². The summed E-state index contributed by atoms with van der Waals surface area (Å²) in [7, 11) is 0. The minimum atomic E-state index is -4.69. The number of aromatic nitrogens is 1. The average Bonchev–Trinajstić information content (AvgIpc) is 2.95. The van der Waals surface area contributed by atoms with Crippen LogP contribution in [0.5, 0.6) is 5.75 Å². The van der Waals surface area contributed by atoms with Crippen molar-refractivity contribution < 1.29 is 27.2 Å². The van der Waals surface area contributed by atoms with E-state index in [0.717, 1.165) is 16.8 Å². The zero-order chi connectivity index (χ0) is 20.3. The van der Waals surface area contributed by atoms with Gasteiger partial charge in [0.25, 0.3) is 0 Å². The number of benzene rings is 1. The number of nitrogens with zero attached hydrogens (tertiary/aromatic N) is 3. The lowest BCUT2D eigenvalue weighted by Gasteiger charge is -2.34. The molecule has 152 valence electrons. The predicted molar refractivity (Wildman–Crippen MR) is 94.7 cm³/mol. The Morgan fingerprint density at radius 1 is 1.14 bits per heavy atom. The van der Waals surface area contributed by atoms with Gasteiger partial charge in [-0.15, -0.1) is 13.2 Å². The summed E-state index contributed by atoms with van der Waals surface area (Å²) in [4.78, 5) is 16.5. The van der Waals surface area contributed by atoms with Crippen LogP contribution in [-0.4, -0.2) is 53.4 Å². The van der Waals surface area contributed by atoms with Gasteiger partial charge in [0, 0.05) is 38.3 Å². The lowest BCUT2D eigenvalue weighted by molar-refractivity contribution is -0.274. The SMILES string of the molecule is Cc1noc(C)c1CC(=O)N1CCN(Cc2ccc(OC(F)(F)F)cc2)CC1. The molecule has 1 saturated heterocycles. The molecule has 0 aliphatic carbocycles. The molecule has 3 rings (SSSR count). The number of amides is 1. The Labute approximate surface area is 160 Å². The Hall–Kier alpha value is -2.55. The molecule has 0 saturated carbocycles. The van der Waals surface area contributed by atoms with Gasteiger partial charge in [-0.2, -0.15) is 0 Å². The molecule has 28 heavy (non-hydrogen) atoms. The number of aryl methyl sites for hydroxylation is 2. The molecule has 0 radical (unpaired) electrons. The monoisotopic (exact) mass is 397 g/mol. The largest absolute Gasteiger partial charge is 0.573 e. The Bertz CT molecular complexity index is 791. The Balaban J connectivity index is 1.48. The minimum Gasteiger partial charge on any atom is -0.406 e. The summed E-state index contributed by atoms with van der Waals surface area (Å²) in [6.07, 6.45) is -4.41. The number of halogens is 3. The maximum absolute atomic E-state index is 12.5. The average molecular weight is 397 g/mol. The van der Waals surface area contributed by atoms with Gasteiger partial charge in [-0.05, 0) is 31.5 Å². The van der Waals surface area contributed by atoms with Gasteiger partial charge in [-0.1, -0.05) is 17.3 Å². The first-order chi connectivity index (χ1) is 13.2. The smallest absolute Gasteiger partial charge is 0.406 e. The Morgan fingerprint density at radius 2 is 1.79 bits per heavy atom. The second-order valence-corrected chi connectivity index (χ2v) is 6.83. The van der Waals surface area contributed by atoms with E-state index in [9.17, 15) is 18.0 Å². The van der Waals surface area contributed by atoms with Gasteiger partial charge < -0.3 is 14.2 Å². The van der Waals surface area contributed by atoms with Crippen molar-refractivity contribution in [3.63, 3.8) is 0 Å². The molecule has 1 aromatic heterocycles. The fourth-order valence-corrected chi connectivity index (χ4v) is 3.23. The van der Waals surface area contributed by atoms with Gasteiger partial charge in [0.05, 0.1) is 12.1 Å². The van der Waals surface area contributed by atoms with Crippen LogP contribution in [0.4, 0.5) is 13.2 Å². The van der Waals surface area contributed by atoms with Gasteiger partial charge in [0.2, 0.25) is 5.91 Å². The summed E-state index contributed by atoms with van der Waals surface area (Å²) in [5, 5.41) is 3.87. The van der Waals surface area contributed by atoms with Crippen molar-refractivity contribution in [2.45, 2.75) is 33.2 Å². The Morgan fingerprint density at radius 3 is 2.32 bits per heavy atom. The van der Waals surface area contributed by atoms with Crippen molar-refractivity contribution in [2.24, 2.45) is 0 Å². The molecule has 1 fully saturated rings. The van der Waals surface area contributed by atoms with Gasteiger partial charge >= 0.3 is 6.36 Å². The first-order valence-electron chi connectivity index (χ1n) is 8.98. The fraction of sp³-hybridized carbons (Fsp3) is 0.474. The number of ether oxygens (including phenoxy) is 1. The molecule has 6 nitrogen and oxygen atoms in total. The topological polar surface area (TPSA) is 58.8 Å². The van der Waals surface area contributed by atoms with Crippen molar-refractivity contribution >= 4 is 5.91 Å². The molecule has 9 heteroatoms. The highest BCUT2D eigenvalue weighted by Gasteiger charge is 2.31. The van der Waals surface area contributed by atoms with Crippen molar-refractivity contribution in [1.29, 1.82) is 0 Å². The van der Waals surface area contributed by atoms with E-state index >= 15 is 0 Å². The summed E-state index contributed by atoms with van der Waals surface area (Å²) >= 11 is 0. The van der Waals surface area contributed by atoms with Gasteiger partial charge in [0.15, 0.2) is 0 Å². The van der Waals surface area contributed by atoms with Crippen LogP contribution in [0.3, 0.4) is 0 Å². The summed E-state index contributed by atoms with van der Waals surface area (Å²) < 4.78 is 45.6. The third-order valence-corrected chi connectivity index (χ3v) is 4.80. The van der Waals surface area contributed by atoms with Crippen molar-refractivity contribution in [2.75, 3.05) is 26.2 Å². The third-order valence-electron chi connectivity index (χ3n) is 4.80. The molecule has 1 aromatic carbocycles. The molecule has 1 amide bonds. The summed E-state index contributed by atoms with van der Waals surface area (Å²) in [6.45, 7) is 6.85. The first kappa shape index (κ1) is 20.2. The Kier molecular flexibility index (Phi) is 5.93. The molecule has 2 aromatic rings. The van der Waals surface area contributed by atoms with Crippen LogP contribution in [0, 0.1) is 13.8 Å². The first-order valence-corrected chi connectivity index (χ1v) is 8.98. The van der Waals surface area contributed by atoms with E-state index in [1.54, 1.807) is 19.1 Å². The van der Waals surface area contributed by atoms with Crippen molar-refractivity contribution in [3.05, 3.63) is 46.8 Å². The number of hydrogen-bond acceptors (Lipinski definition) is 5. The van der Waals surface area contributed by atoms with Crippen molar-refractivity contribution in [1.82, 2.24) is 15.0 Å². The number of rotatable bonds is 5. The van der Waals surface area contributed by atoms with E-state index in [0.29, 0.717) is 38.5 Å². The minimum absolute atomic E-state index is 0.0442. The number of carbonyl (C=O) groups is 1. The second kappa shape index (κ2) is 8.22.